The van der Waals surface area contributed by atoms with Gasteiger partial charge in [0.25, 0.3) is 0 Å². The number of hydrogen-bond acceptors (Lipinski definition) is 6. The first-order chi connectivity index (χ1) is 13.3. The molecule has 4 nitrogen and oxygen atoms in total. The van der Waals surface area contributed by atoms with Crippen LogP contribution in [0, 0.1) is 0 Å². The van der Waals surface area contributed by atoms with E-state index >= 15 is 0 Å². The zero-order valence-electron chi connectivity index (χ0n) is 13.9. The lowest BCUT2D eigenvalue weighted by Gasteiger charge is -1.95. The van der Waals surface area contributed by atoms with Crippen LogP contribution in [0.15, 0.2) is 71.3 Å². The van der Waals surface area contributed by atoms with Gasteiger partial charge < -0.3 is 4.42 Å². The van der Waals surface area contributed by atoms with E-state index in [2.05, 4.69) is 33.6 Å². The Kier molecular flexibility index (Phi) is 3.17. The molecular formula is C21H11N3OS2. The van der Waals surface area contributed by atoms with Crippen molar-refractivity contribution in [2.75, 3.05) is 0 Å². The number of nitrogens with zero attached hydrogens (tertiary/aromatic N) is 3. The molecule has 0 N–H and O–H groups in total. The number of thiazole rings is 1. The van der Waals surface area contributed by atoms with E-state index in [1.807, 2.05) is 42.6 Å². The van der Waals surface area contributed by atoms with E-state index in [0.717, 1.165) is 42.8 Å². The van der Waals surface area contributed by atoms with E-state index in [1.54, 1.807) is 11.3 Å². The van der Waals surface area contributed by atoms with Gasteiger partial charge in [0.1, 0.15) is 10.5 Å². The number of para-hydroxylation sites is 2. The molecule has 0 atom stereocenters. The molecule has 0 bridgehead atoms. The molecule has 0 saturated carbocycles. The number of benzene rings is 3. The number of fused-ring (bicyclic) bond motifs is 3. The van der Waals surface area contributed by atoms with Crippen LogP contribution in [-0.4, -0.2) is 14.3 Å². The second kappa shape index (κ2) is 5.70. The molecule has 3 aromatic heterocycles. The summed E-state index contributed by atoms with van der Waals surface area (Å²) in [5.74, 6) is 0.624. The summed E-state index contributed by atoms with van der Waals surface area (Å²) < 4.78 is 12.5. The molecule has 3 heterocycles. The molecule has 0 fully saturated rings. The summed E-state index contributed by atoms with van der Waals surface area (Å²) in [5.41, 5.74) is 4.67. The van der Waals surface area contributed by atoms with E-state index in [1.165, 1.54) is 16.2 Å². The summed E-state index contributed by atoms with van der Waals surface area (Å²) in [7, 11) is 0. The van der Waals surface area contributed by atoms with Gasteiger partial charge in [-0.25, -0.2) is 9.97 Å². The van der Waals surface area contributed by atoms with Crippen molar-refractivity contribution in [2.24, 2.45) is 0 Å². The average Bonchev–Trinajstić information content (AvgIpc) is 3.42. The lowest BCUT2D eigenvalue weighted by molar-refractivity contribution is 0.620. The largest absolute Gasteiger partial charge is 0.436 e. The van der Waals surface area contributed by atoms with E-state index in [4.69, 9.17) is 9.40 Å². The first-order valence-corrected chi connectivity index (χ1v) is 10.0. The third-order valence-electron chi connectivity index (χ3n) is 4.53. The molecule has 0 aliphatic rings. The van der Waals surface area contributed by atoms with Crippen LogP contribution in [0.4, 0.5) is 0 Å². The highest BCUT2D eigenvalue weighted by atomic mass is 32.1. The molecule has 6 heteroatoms. The monoisotopic (exact) mass is 385 g/mol. The summed E-state index contributed by atoms with van der Waals surface area (Å²) in [6, 6.07) is 20.4. The molecule has 0 aliphatic heterocycles. The topological polar surface area (TPSA) is 51.8 Å². The van der Waals surface area contributed by atoms with Crippen molar-refractivity contribution in [2.45, 2.75) is 0 Å². The molecule has 27 heavy (non-hydrogen) atoms. The number of hydrogen-bond donors (Lipinski definition) is 0. The first-order valence-electron chi connectivity index (χ1n) is 8.45. The highest BCUT2D eigenvalue weighted by Crippen LogP contribution is 2.34. The molecule has 128 valence electrons. The van der Waals surface area contributed by atoms with Crippen molar-refractivity contribution < 1.29 is 4.42 Å². The van der Waals surface area contributed by atoms with Crippen LogP contribution in [-0.2, 0) is 0 Å². The van der Waals surface area contributed by atoms with Gasteiger partial charge in [0, 0.05) is 22.7 Å². The van der Waals surface area contributed by atoms with Gasteiger partial charge in [-0.3, -0.25) is 0 Å². The number of aromatic nitrogens is 3. The molecule has 0 spiro atoms. The van der Waals surface area contributed by atoms with Gasteiger partial charge in [-0.2, -0.15) is 4.37 Å². The zero-order chi connectivity index (χ0) is 17.8. The molecule has 0 radical (unpaired) electrons. The molecule has 6 rings (SSSR count). The summed E-state index contributed by atoms with van der Waals surface area (Å²) >= 11 is 3.20. The van der Waals surface area contributed by atoms with Crippen LogP contribution < -0.4 is 0 Å². The third kappa shape index (κ3) is 2.45. The Labute approximate surface area is 161 Å². The molecular weight excluding hydrogens is 374 g/mol. The lowest BCUT2D eigenvalue weighted by atomic mass is 10.2. The van der Waals surface area contributed by atoms with Gasteiger partial charge in [-0.15, -0.1) is 11.3 Å². The minimum absolute atomic E-state index is 0.624. The Bertz CT molecular complexity index is 1410. The van der Waals surface area contributed by atoms with E-state index in [9.17, 15) is 0 Å². The lowest BCUT2D eigenvalue weighted by Crippen LogP contribution is -1.78. The third-order valence-corrected chi connectivity index (χ3v) is 6.39. The molecule has 3 aromatic carbocycles. The van der Waals surface area contributed by atoms with Gasteiger partial charge in [-0.05, 0) is 54.0 Å². The SMILES string of the molecule is c1ccc2oc(-c3ccc4sc(-c5ccc6sncc6c5)nc4c3)nc2c1. The Hall–Kier alpha value is -3.09. The fourth-order valence-corrected chi connectivity index (χ4v) is 4.75. The maximum Gasteiger partial charge on any atom is 0.227 e. The van der Waals surface area contributed by atoms with E-state index in [0.29, 0.717) is 5.89 Å². The van der Waals surface area contributed by atoms with Gasteiger partial charge in [0.05, 0.1) is 14.9 Å². The van der Waals surface area contributed by atoms with Crippen molar-refractivity contribution in [1.82, 2.24) is 14.3 Å². The van der Waals surface area contributed by atoms with Crippen molar-refractivity contribution in [1.29, 1.82) is 0 Å². The predicted octanol–water partition coefficient (Wildman–Crippen LogP) is 6.38. The van der Waals surface area contributed by atoms with Crippen LogP contribution in [0.5, 0.6) is 0 Å². The Morgan fingerprint density at radius 2 is 1.67 bits per heavy atom. The molecule has 0 amide bonds. The van der Waals surface area contributed by atoms with Gasteiger partial charge >= 0.3 is 0 Å². The van der Waals surface area contributed by atoms with E-state index in [-0.39, 0.29) is 0 Å². The van der Waals surface area contributed by atoms with Crippen LogP contribution in [0.1, 0.15) is 0 Å². The van der Waals surface area contributed by atoms with Gasteiger partial charge in [-0.1, -0.05) is 18.2 Å². The molecule has 0 unspecified atom stereocenters. The summed E-state index contributed by atoms with van der Waals surface area (Å²) in [4.78, 5) is 9.43. The van der Waals surface area contributed by atoms with Crippen LogP contribution in [0.2, 0.25) is 0 Å². The Morgan fingerprint density at radius 3 is 2.63 bits per heavy atom. The Morgan fingerprint density at radius 1 is 0.778 bits per heavy atom. The fourth-order valence-electron chi connectivity index (χ4n) is 3.19. The molecule has 0 saturated heterocycles. The quantitative estimate of drug-likeness (QED) is 0.347. The minimum Gasteiger partial charge on any atom is -0.436 e. The fraction of sp³-hybridized carbons (Fsp3) is 0. The van der Waals surface area contributed by atoms with Crippen molar-refractivity contribution in [3.63, 3.8) is 0 Å². The average molecular weight is 385 g/mol. The summed E-state index contributed by atoms with van der Waals surface area (Å²) in [5, 5.41) is 2.16. The van der Waals surface area contributed by atoms with Crippen LogP contribution in [0.3, 0.4) is 0 Å². The zero-order valence-corrected chi connectivity index (χ0v) is 15.6. The minimum atomic E-state index is 0.624. The Balaban J connectivity index is 1.46. The first kappa shape index (κ1) is 15.0. The van der Waals surface area contributed by atoms with Crippen LogP contribution >= 0.6 is 22.9 Å². The molecule has 0 aliphatic carbocycles. The second-order valence-corrected chi connectivity index (χ2v) is 8.13. The normalized spacial score (nSPS) is 11.7. The molecule has 6 aromatic rings. The van der Waals surface area contributed by atoms with Gasteiger partial charge in [0.2, 0.25) is 5.89 Å². The highest BCUT2D eigenvalue weighted by molar-refractivity contribution is 7.21. The second-order valence-electron chi connectivity index (χ2n) is 6.27. The van der Waals surface area contributed by atoms with Crippen molar-refractivity contribution >= 4 is 54.3 Å². The summed E-state index contributed by atoms with van der Waals surface area (Å²) in [6.07, 6.45) is 1.90. The van der Waals surface area contributed by atoms with E-state index < -0.39 is 0 Å². The maximum atomic E-state index is 5.89. The number of rotatable bonds is 2. The van der Waals surface area contributed by atoms with Crippen LogP contribution in [0.25, 0.3) is 53.4 Å². The smallest absolute Gasteiger partial charge is 0.227 e. The number of oxazole rings is 1. The van der Waals surface area contributed by atoms with Crippen molar-refractivity contribution in [3.05, 3.63) is 66.9 Å². The standard InChI is InChI=1S/C21H11N3OS2/c1-2-4-17-15(3-1)23-20(25-17)12-5-8-19-16(10-12)24-21(26-19)13-6-7-18-14(9-13)11-22-27-18/h1-11H. The van der Waals surface area contributed by atoms with Gasteiger partial charge in [0.15, 0.2) is 5.58 Å². The van der Waals surface area contributed by atoms with Crippen molar-refractivity contribution in [3.8, 4) is 22.0 Å². The maximum absolute atomic E-state index is 5.89. The highest BCUT2D eigenvalue weighted by Gasteiger charge is 2.12. The summed E-state index contributed by atoms with van der Waals surface area (Å²) in [6.45, 7) is 0. The predicted molar refractivity (Wildman–Crippen MR) is 111 cm³/mol.